The van der Waals surface area contributed by atoms with Crippen molar-refractivity contribution in [2.75, 3.05) is 24.5 Å². The van der Waals surface area contributed by atoms with E-state index in [9.17, 15) is 0 Å². The minimum absolute atomic E-state index is 0.609. The number of H-pyrrole nitrogens is 1. The van der Waals surface area contributed by atoms with Crippen LogP contribution in [0.3, 0.4) is 0 Å². The van der Waals surface area contributed by atoms with Crippen molar-refractivity contribution in [1.29, 1.82) is 0 Å². The zero-order valence-electron chi connectivity index (χ0n) is 9.94. The molecule has 5 nitrogen and oxygen atoms in total. The molecule has 1 aromatic heterocycles. The average Bonchev–Trinajstić information content (AvgIpc) is 2.91. The lowest BCUT2D eigenvalue weighted by Crippen LogP contribution is -2.01. The Kier molecular flexibility index (Phi) is 4.60. The van der Waals surface area contributed by atoms with Gasteiger partial charge in [-0.05, 0) is 24.3 Å². The Balaban J connectivity index is 2.34. The molecule has 0 bridgehead atoms. The predicted octanol–water partition coefficient (Wildman–Crippen LogP) is 2.82. The number of aromatic amines is 1. The Morgan fingerprint density at radius 3 is 2.94 bits per heavy atom. The third kappa shape index (κ3) is 3.02. The lowest BCUT2D eigenvalue weighted by Gasteiger charge is -2.11. The van der Waals surface area contributed by atoms with Gasteiger partial charge in [0.15, 0.2) is 0 Å². The maximum Gasteiger partial charge on any atom is 0.128 e. The molecular formula is C12H14BrN3O2. The highest BCUT2D eigenvalue weighted by atomic mass is 79.9. The van der Waals surface area contributed by atoms with Gasteiger partial charge < -0.3 is 4.74 Å². The Morgan fingerprint density at radius 1 is 1.39 bits per heavy atom. The van der Waals surface area contributed by atoms with E-state index in [4.69, 9.17) is 9.57 Å². The molecule has 1 heterocycles. The van der Waals surface area contributed by atoms with Gasteiger partial charge in [-0.1, -0.05) is 15.9 Å². The highest BCUT2D eigenvalue weighted by Gasteiger charge is 2.09. The molecule has 2 N–H and O–H groups in total. The summed E-state index contributed by atoms with van der Waals surface area (Å²) in [5, 5.41) is 7.67. The molecule has 0 amide bonds. The van der Waals surface area contributed by atoms with E-state index in [0.717, 1.165) is 28.0 Å². The molecule has 0 saturated carbocycles. The van der Waals surface area contributed by atoms with Gasteiger partial charge in [0.2, 0.25) is 0 Å². The van der Waals surface area contributed by atoms with Crippen molar-refractivity contribution in [3.63, 3.8) is 0 Å². The van der Waals surface area contributed by atoms with Crippen LogP contribution < -0.4 is 10.2 Å². The predicted molar refractivity (Wildman–Crippen MR) is 73.9 cm³/mol. The van der Waals surface area contributed by atoms with E-state index in [-0.39, 0.29) is 0 Å². The average molecular weight is 312 g/mol. The molecule has 0 aliphatic rings. The molecule has 0 aliphatic heterocycles. The SMILES string of the molecule is CONc1ccc(OCCBr)c(-c2ccn[nH]2)c1. The zero-order chi connectivity index (χ0) is 12.8. The molecule has 2 rings (SSSR count). The van der Waals surface area contributed by atoms with Gasteiger partial charge in [-0.15, -0.1) is 0 Å². The van der Waals surface area contributed by atoms with E-state index in [1.54, 1.807) is 13.3 Å². The largest absolute Gasteiger partial charge is 0.492 e. The van der Waals surface area contributed by atoms with E-state index >= 15 is 0 Å². The summed E-state index contributed by atoms with van der Waals surface area (Å²) < 4.78 is 5.68. The van der Waals surface area contributed by atoms with E-state index in [1.165, 1.54) is 0 Å². The van der Waals surface area contributed by atoms with Gasteiger partial charge in [-0.2, -0.15) is 5.10 Å². The lowest BCUT2D eigenvalue weighted by molar-refractivity contribution is 0.271. The van der Waals surface area contributed by atoms with Crippen molar-refractivity contribution < 1.29 is 9.57 Å². The van der Waals surface area contributed by atoms with Crippen molar-refractivity contribution in [3.8, 4) is 17.0 Å². The second-order valence-corrected chi connectivity index (χ2v) is 4.32. The number of hydrogen-bond acceptors (Lipinski definition) is 4. The first-order valence-electron chi connectivity index (χ1n) is 5.46. The van der Waals surface area contributed by atoms with Gasteiger partial charge >= 0.3 is 0 Å². The Labute approximate surface area is 114 Å². The number of hydrogen-bond donors (Lipinski definition) is 2. The first kappa shape index (κ1) is 12.9. The quantitative estimate of drug-likeness (QED) is 0.636. The molecule has 0 fully saturated rings. The summed E-state index contributed by atoms with van der Waals surface area (Å²) in [5.74, 6) is 0.806. The first-order chi connectivity index (χ1) is 8.85. The summed E-state index contributed by atoms with van der Waals surface area (Å²) in [6, 6.07) is 7.64. The van der Waals surface area contributed by atoms with Crippen molar-refractivity contribution >= 4 is 21.6 Å². The Hall–Kier alpha value is -1.53. The monoisotopic (exact) mass is 311 g/mol. The summed E-state index contributed by atoms with van der Waals surface area (Å²) in [4.78, 5) is 4.90. The fraction of sp³-hybridized carbons (Fsp3) is 0.250. The number of ether oxygens (including phenoxy) is 1. The molecule has 18 heavy (non-hydrogen) atoms. The minimum Gasteiger partial charge on any atom is -0.492 e. The molecule has 2 aromatic rings. The standard InChI is InChI=1S/C12H14BrN3O2/c1-17-16-9-2-3-12(18-7-5-13)10(8-9)11-4-6-14-15-11/h2-4,6,8,16H,5,7H2,1H3,(H,14,15). The molecule has 0 aliphatic carbocycles. The molecule has 0 spiro atoms. The maximum atomic E-state index is 5.68. The van der Waals surface area contributed by atoms with Crippen LogP contribution in [-0.4, -0.2) is 29.2 Å². The van der Waals surface area contributed by atoms with Crippen LogP contribution in [0.2, 0.25) is 0 Å². The summed E-state index contributed by atoms with van der Waals surface area (Å²) in [6.07, 6.45) is 1.71. The van der Waals surface area contributed by atoms with Crippen LogP contribution in [0.25, 0.3) is 11.3 Å². The number of nitrogens with one attached hydrogen (secondary N) is 2. The van der Waals surface area contributed by atoms with Crippen LogP contribution in [0.4, 0.5) is 5.69 Å². The van der Waals surface area contributed by atoms with Crippen LogP contribution in [0, 0.1) is 0 Å². The van der Waals surface area contributed by atoms with Crippen molar-refractivity contribution in [1.82, 2.24) is 10.2 Å². The van der Waals surface area contributed by atoms with Crippen molar-refractivity contribution in [3.05, 3.63) is 30.5 Å². The Bertz CT molecular complexity index is 488. The van der Waals surface area contributed by atoms with Crippen LogP contribution in [-0.2, 0) is 4.84 Å². The first-order valence-corrected chi connectivity index (χ1v) is 6.59. The number of anilines is 1. The molecular weight excluding hydrogens is 298 g/mol. The van der Waals surface area contributed by atoms with Crippen LogP contribution in [0.15, 0.2) is 30.5 Å². The van der Waals surface area contributed by atoms with Crippen molar-refractivity contribution in [2.45, 2.75) is 0 Å². The molecule has 0 atom stereocenters. The van der Waals surface area contributed by atoms with Crippen LogP contribution in [0.5, 0.6) is 5.75 Å². The number of aromatic nitrogens is 2. The van der Waals surface area contributed by atoms with Gasteiger partial charge in [0.25, 0.3) is 0 Å². The Morgan fingerprint density at radius 2 is 2.28 bits per heavy atom. The maximum absolute atomic E-state index is 5.68. The number of benzene rings is 1. The van der Waals surface area contributed by atoms with Crippen LogP contribution in [0.1, 0.15) is 0 Å². The lowest BCUT2D eigenvalue weighted by atomic mass is 10.1. The summed E-state index contributed by atoms with van der Waals surface area (Å²) >= 11 is 3.34. The number of rotatable bonds is 6. The zero-order valence-corrected chi connectivity index (χ0v) is 11.5. The van der Waals surface area contributed by atoms with Gasteiger partial charge in [0.1, 0.15) is 5.75 Å². The molecule has 0 saturated heterocycles. The summed E-state index contributed by atoms with van der Waals surface area (Å²) in [5.41, 5.74) is 5.49. The summed E-state index contributed by atoms with van der Waals surface area (Å²) in [6.45, 7) is 0.609. The highest BCUT2D eigenvalue weighted by molar-refractivity contribution is 9.09. The van der Waals surface area contributed by atoms with Gasteiger partial charge in [-0.25, -0.2) is 0 Å². The third-order valence-electron chi connectivity index (χ3n) is 2.33. The van der Waals surface area contributed by atoms with Gasteiger partial charge in [-0.3, -0.25) is 15.4 Å². The van der Waals surface area contributed by atoms with E-state index < -0.39 is 0 Å². The number of nitrogens with zero attached hydrogens (tertiary/aromatic N) is 1. The second kappa shape index (κ2) is 6.42. The van der Waals surface area contributed by atoms with Gasteiger partial charge in [0, 0.05) is 17.1 Å². The topological polar surface area (TPSA) is 59.2 Å². The summed E-state index contributed by atoms with van der Waals surface area (Å²) in [7, 11) is 1.57. The fourth-order valence-electron chi connectivity index (χ4n) is 1.60. The third-order valence-corrected chi connectivity index (χ3v) is 2.65. The molecule has 0 unspecified atom stereocenters. The minimum atomic E-state index is 0.609. The van der Waals surface area contributed by atoms with E-state index in [1.807, 2.05) is 24.3 Å². The van der Waals surface area contributed by atoms with Crippen molar-refractivity contribution in [2.24, 2.45) is 0 Å². The molecule has 0 radical (unpaired) electrons. The van der Waals surface area contributed by atoms with Crippen LogP contribution >= 0.6 is 15.9 Å². The highest BCUT2D eigenvalue weighted by Crippen LogP contribution is 2.31. The smallest absolute Gasteiger partial charge is 0.128 e. The van der Waals surface area contributed by atoms with E-state index in [2.05, 4.69) is 31.6 Å². The normalized spacial score (nSPS) is 10.3. The number of halogens is 1. The second-order valence-electron chi connectivity index (χ2n) is 3.52. The molecule has 96 valence electrons. The fourth-order valence-corrected chi connectivity index (χ4v) is 1.76. The van der Waals surface area contributed by atoms with E-state index in [0.29, 0.717) is 6.61 Å². The number of alkyl halides is 1. The molecule has 1 aromatic carbocycles. The van der Waals surface area contributed by atoms with Gasteiger partial charge in [0.05, 0.1) is 25.1 Å². The molecule has 6 heteroatoms.